The molecule has 0 bridgehead atoms. The molecule has 3 rings (SSSR count). The summed E-state index contributed by atoms with van der Waals surface area (Å²) in [6.45, 7) is 1.64. The average Bonchev–Trinajstić information content (AvgIpc) is 3.02. The van der Waals surface area contributed by atoms with Gasteiger partial charge in [0.15, 0.2) is 0 Å². The van der Waals surface area contributed by atoms with E-state index in [9.17, 15) is 9.59 Å². The van der Waals surface area contributed by atoms with Crippen LogP contribution >= 0.6 is 15.9 Å². The number of halogens is 1. The molecule has 0 fully saturated rings. The quantitative estimate of drug-likeness (QED) is 0.660. The number of nitrogens with one attached hydrogen (secondary N) is 2. The monoisotopic (exact) mass is 399 g/mol. The zero-order valence-corrected chi connectivity index (χ0v) is 14.8. The van der Waals surface area contributed by atoms with Gasteiger partial charge in [-0.2, -0.15) is 0 Å². The summed E-state index contributed by atoms with van der Waals surface area (Å²) in [6, 6.07) is 16.1. The molecule has 0 saturated carbocycles. The number of benzene rings is 2. The highest BCUT2D eigenvalue weighted by Gasteiger charge is 2.22. The molecule has 0 spiro atoms. The predicted molar refractivity (Wildman–Crippen MR) is 95.8 cm³/mol. The van der Waals surface area contributed by atoms with Crippen molar-refractivity contribution in [2.45, 2.75) is 6.92 Å². The molecule has 1 aromatic heterocycles. The van der Waals surface area contributed by atoms with Gasteiger partial charge in [-0.15, -0.1) is 0 Å². The first-order valence-corrected chi connectivity index (χ1v) is 8.24. The third-order valence-corrected chi connectivity index (χ3v) is 4.24. The zero-order chi connectivity index (χ0) is 17.8. The lowest BCUT2D eigenvalue weighted by Crippen LogP contribution is -2.42. The fourth-order valence-corrected chi connectivity index (χ4v) is 2.79. The van der Waals surface area contributed by atoms with Crippen LogP contribution in [0.15, 0.2) is 63.6 Å². The third-order valence-electron chi connectivity index (χ3n) is 3.55. The van der Waals surface area contributed by atoms with Crippen LogP contribution in [0.4, 0.5) is 0 Å². The molecular weight excluding hydrogens is 386 g/mol. The van der Waals surface area contributed by atoms with Crippen molar-refractivity contribution in [2.75, 3.05) is 0 Å². The predicted octanol–water partition coefficient (Wildman–Crippen LogP) is 3.49. The van der Waals surface area contributed by atoms with E-state index in [1.807, 2.05) is 30.3 Å². The van der Waals surface area contributed by atoms with E-state index < -0.39 is 11.8 Å². The second-order valence-corrected chi connectivity index (χ2v) is 6.07. The fourth-order valence-electron chi connectivity index (χ4n) is 2.32. The van der Waals surface area contributed by atoms with E-state index in [0.29, 0.717) is 21.5 Å². The standard InChI is InChI=1S/C18H14BrN3O3/c1-11-15(16(22-25-11)12-7-3-2-4-8-12)18(24)21-20-17(23)13-9-5-6-10-14(13)19/h2-10H,1H3,(H,20,23)(H,21,24). The average molecular weight is 400 g/mol. The number of amides is 2. The molecule has 0 radical (unpaired) electrons. The van der Waals surface area contributed by atoms with Gasteiger partial charge in [0.25, 0.3) is 11.8 Å². The van der Waals surface area contributed by atoms with Crippen molar-refractivity contribution in [1.82, 2.24) is 16.0 Å². The molecule has 0 atom stereocenters. The van der Waals surface area contributed by atoms with Crippen molar-refractivity contribution < 1.29 is 14.1 Å². The van der Waals surface area contributed by atoms with Crippen LogP contribution in [0.25, 0.3) is 11.3 Å². The van der Waals surface area contributed by atoms with E-state index in [0.717, 1.165) is 5.56 Å². The Morgan fingerprint density at radius 3 is 2.32 bits per heavy atom. The van der Waals surface area contributed by atoms with E-state index >= 15 is 0 Å². The lowest BCUT2D eigenvalue weighted by Gasteiger charge is -2.08. The number of hydrogen-bond acceptors (Lipinski definition) is 4. The summed E-state index contributed by atoms with van der Waals surface area (Å²) in [4.78, 5) is 24.7. The maximum absolute atomic E-state index is 12.5. The molecule has 0 aliphatic rings. The van der Waals surface area contributed by atoms with Crippen molar-refractivity contribution in [3.05, 3.63) is 76.0 Å². The summed E-state index contributed by atoms with van der Waals surface area (Å²) in [6.07, 6.45) is 0. The van der Waals surface area contributed by atoms with E-state index in [-0.39, 0.29) is 5.56 Å². The molecule has 0 aliphatic heterocycles. The van der Waals surface area contributed by atoms with Crippen LogP contribution in [0, 0.1) is 6.92 Å². The first kappa shape index (κ1) is 16.9. The number of rotatable bonds is 3. The number of nitrogens with zero attached hydrogens (tertiary/aromatic N) is 1. The van der Waals surface area contributed by atoms with Gasteiger partial charge in [0, 0.05) is 10.0 Å². The van der Waals surface area contributed by atoms with Crippen LogP contribution in [0.3, 0.4) is 0 Å². The van der Waals surface area contributed by atoms with Gasteiger partial charge in [0.1, 0.15) is 17.0 Å². The van der Waals surface area contributed by atoms with Gasteiger partial charge in [-0.3, -0.25) is 20.4 Å². The maximum atomic E-state index is 12.5. The number of carbonyl (C=O) groups is 2. The lowest BCUT2D eigenvalue weighted by atomic mass is 10.1. The van der Waals surface area contributed by atoms with Crippen molar-refractivity contribution in [3.8, 4) is 11.3 Å². The molecule has 0 saturated heterocycles. The Balaban J connectivity index is 1.78. The lowest BCUT2D eigenvalue weighted by molar-refractivity contribution is 0.0845. The first-order valence-electron chi connectivity index (χ1n) is 7.45. The normalized spacial score (nSPS) is 10.3. The maximum Gasteiger partial charge on any atom is 0.275 e. The highest BCUT2D eigenvalue weighted by atomic mass is 79.9. The van der Waals surface area contributed by atoms with Gasteiger partial charge in [-0.25, -0.2) is 0 Å². The number of carbonyl (C=O) groups excluding carboxylic acids is 2. The summed E-state index contributed by atoms with van der Waals surface area (Å²) >= 11 is 3.30. The summed E-state index contributed by atoms with van der Waals surface area (Å²) in [5, 5.41) is 3.95. The Morgan fingerprint density at radius 2 is 1.60 bits per heavy atom. The Hall–Kier alpha value is -2.93. The molecule has 6 nitrogen and oxygen atoms in total. The largest absolute Gasteiger partial charge is 0.360 e. The molecule has 2 aromatic carbocycles. The minimum absolute atomic E-state index is 0.277. The van der Waals surface area contributed by atoms with Gasteiger partial charge in [-0.05, 0) is 35.0 Å². The number of aromatic nitrogens is 1. The van der Waals surface area contributed by atoms with E-state index in [1.165, 1.54) is 0 Å². The van der Waals surface area contributed by atoms with E-state index in [2.05, 4.69) is 31.9 Å². The minimum Gasteiger partial charge on any atom is -0.360 e. The van der Waals surface area contributed by atoms with Gasteiger partial charge < -0.3 is 4.52 Å². The Morgan fingerprint density at radius 1 is 0.960 bits per heavy atom. The Labute approximate surface area is 152 Å². The van der Waals surface area contributed by atoms with Gasteiger partial charge in [0.05, 0.1) is 5.56 Å². The second kappa shape index (κ2) is 7.31. The molecule has 0 unspecified atom stereocenters. The van der Waals surface area contributed by atoms with E-state index in [4.69, 9.17) is 4.52 Å². The van der Waals surface area contributed by atoms with Crippen LogP contribution in [-0.2, 0) is 0 Å². The molecule has 25 heavy (non-hydrogen) atoms. The molecule has 2 amide bonds. The van der Waals surface area contributed by atoms with Crippen LogP contribution in [0.1, 0.15) is 26.5 Å². The van der Waals surface area contributed by atoms with Gasteiger partial charge in [0.2, 0.25) is 0 Å². The van der Waals surface area contributed by atoms with E-state index in [1.54, 1.807) is 31.2 Å². The van der Waals surface area contributed by atoms with Crippen LogP contribution in [0.5, 0.6) is 0 Å². The van der Waals surface area contributed by atoms with Crippen molar-refractivity contribution in [2.24, 2.45) is 0 Å². The summed E-state index contributed by atoms with van der Waals surface area (Å²) in [5.41, 5.74) is 6.66. The summed E-state index contributed by atoms with van der Waals surface area (Å²) in [5.74, 6) is -0.569. The zero-order valence-electron chi connectivity index (χ0n) is 13.2. The summed E-state index contributed by atoms with van der Waals surface area (Å²) < 4.78 is 5.78. The molecule has 3 aromatic rings. The number of hydrazine groups is 1. The third kappa shape index (κ3) is 3.61. The minimum atomic E-state index is -0.502. The smallest absolute Gasteiger partial charge is 0.275 e. The number of hydrogen-bond donors (Lipinski definition) is 2. The molecule has 0 aliphatic carbocycles. The van der Waals surface area contributed by atoms with Crippen LogP contribution < -0.4 is 10.9 Å². The topological polar surface area (TPSA) is 84.2 Å². The first-order chi connectivity index (χ1) is 12.1. The van der Waals surface area contributed by atoms with Crippen LogP contribution in [-0.4, -0.2) is 17.0 Å². The number of aryl methyl sites for hydroxylation is 1. The fraction of sp³-hybridized carbons (Fsp3) is 0.0556. The molecule has 1 heterocycles. The molecular formula is C18H14BrN3O3. The highest BCUT2D eigenvalue weighted by molar-refractivity contribution is 9.10. The van der Waals surface area contributed by atoms with Gasteiger partial charge >= 0.3 is 0 Å². The summed E-state index contributed by atoms with van der Waals surface area (Å²) in [7, 11) is 0. The Kier molecular flexibility index (Phi) is 4.95. The van der Waals surface area contributed by atoms with Crippen molar-refractivity contribution in [3.63, 3.8) is 0 Å². The SMILES string of the molecule is Cc1onc(-c2ccccc2)c1C(=O)NNC(=O)c1ccccc1Br. The van der Waals surface area contributed by atoms with Crippen LogP contribution in [0.2, 0.25) is 0 Å². The Bertz CT molecular complexity index is 922. The highest BCUT2D eigenvalue weighted by Crippen LogP contribution is 2.24. The van der Waals surface area contributed by atoms with Gasteiger partial charge in [-0.1, -0.05) is 47.6 Å². The van der Waals surface area contributed by atoms with Crippen molar-refractivity contribution in [1.29, 1.82) is 0 Å². The second-order valence-electron chi connectivity index (χ2n) is 5.22. The molecule has 2 N–H and O–H groups in total. The van der Waals surface area contributed by atoms with Crippen molar-refractivity contribution >= 4 is 27.7 Å². The molecule has 126 valence electrons. The molecule has 7 heteroatoms.